The van der Waals surface area contributed by atoms with Crippen LogP contribution in [0.25, 0.3) is 5.00 Å². The van der Waals surface area contributed by atoms with Gasteiger partial charge in [0.05, 0.1) is 17.1 Å². The van der Waals surface area contributed by atoms with Crippen molar-refractivity contribution in [2.75, 3.05) is 33.2 Å². The van der Waals surface area contributed by atoms with Crippen molar-refractivity contribution in [3.63, 3.8) is 0 Å². The molecular formula is C22H26ClN5OS. The molecule has 0 unspecified atom stereocenters. The summed E-state index contributed by atoms with van der Waals surface area (Å²) in [5.41, 5.74) is 1.18. The van der Waals surface area contributed by atoms with Crippen LogP contribution in [0.2, 0.25) is 5.02 Å². The maximum Gasteiger partial charge on any atom is 0.197 e. The van der Waals surface area contributed by atoms with Gasteiger partial charge in [0.15, 0.2) is 11.6 Å². The zero-order chi connectivity index (χ0) is 21.3. The number of piperazine rings is 1. The zero-order valence-electron chi connectivity index (χ0n) is 17.6. The summed E-state index contributed by atoms with van der Waals surface area (Å²) in [7, 11) is 2.15. The van der Waals surface area contributed by atoms with Gasteiger partial charge in [-0.1, -0.05) is 30.7 Å². The van der Waals surface area contributed by atoms with Crippen molar-refractivity contribution >= 4 is 28.7 Å². The number of hydrogen-bond donors (Lipinski definition) is 0. The van der Waals surface area contributed by atoms with E-state index < -0.39 is 0 Å². The van der Waals surface area contributed by atoms with Crippen molar-refractivity contribution in [3.8, 4) is 5.00 Å². The molecule has 4 rings (SSSR count). The second kappa shape index (κ2) is 8.98. The van der Waals surface area contributed by atoms with Crippen LogP contribution in [0.15, 0.2) is 30.3 Å². The average Bonchev–Trinajstić information content (AvgIpc) is 3.32. The van der Waals surface area contributed by atoms with Gasteiger partial charge in [-0.25, -0.2) is 0 Å². The summed E-state index contributed by atoms with van der Waals surface area (Å²) in [6.45, 7) is 8.84. The van der Waals surface area contributed by atoms with Gasteiger partial charge in [0.25, 0.3) is 0 Å². The highest BCUT2D eigenvalue weighted by Gasteiger charge is 2.25. The molecule has 0 amide bonds. The maximum atomic E-state index is 13.4. The summed E-state index contributed by atoms with van der Waals surface area (Å²) in [6.07, 6.45) is 0.864. The molecule has 1 aromatic carbocycles. The Morgan fingerprint density at radius 1 is 1.13 bits per heavy atom. The lowest BCUT2D eigenvalue weighted by Crippen LogP contribution is -2.44. The summed E-state index contributed by atoms with van der Waals surface area (Å²) in [5, 5.41) is 10.1. The molecule has 0 spiro atoms. The second-order valence-corrected chi connectivity index (χ2v) is 9.19. The zero-order valence-corrected chi connectivity index (χ0v) is 19.1. The van der Waals surface area contributed by atoms with E-state index in [9.17, 15) is 4.79 Å². The third-order valence-electron chi connectivity index (χ3n) is 5.53. The third-order valence-corrected chi connectivity index (χ3v) is 7.13. The summed E-state index contributed by atoms with van der Waals surface area (Å²) < 4.78 is 2.05. The minimum absolute atomic E-state index is 0.0646. The van der Waals surface area contributed by atoms with Crippen LogP contribution in [-0.4, -0.2) is 63.6 Å². The van der Waals surface area contributed by atoms with Crippen LogP contribution in [0.5, 0.6) is 0 Å². The summed E-state index contributed by atoms with van der Waals surface area (Å²) in [5.74, 6) is 1.59. The summed E-state index contributed by atoms with van der Waals surface area (Å²) in [6, 6.07) is 9.20. The fourth-order valence-corrected chi connectivity index (χ4v) is 5.08. The number of thiophene rings is 1. The Labute approximate surface area is 186 Å². The van der Waals surface area contributed by atoms with Crippen LogP contribution < -0.4 is 0 Å². The molecule has 1 saturated heterocycles. The van der Waals surface area contributed by atoms with Crippen LogP contribution in [0.1, 0.15) is 39.4 Å². The van der Waals surface area contributed by atoms with Crippen LogP contribution in [0.3, 0.4) is 0 Å². The lowest BCUT2D eigenvalue weighted by Gasteiger charge is -2.31. The van der Waals surface area contributed by atoms with E-state index in [0.717, 1.165) is 54.1 Å². The van der Waals surface area contributed by atoms with E-state index in [2.05, 4.69) is 34.0 Å². The maximum absolute atomic E-state index is 13.4. The fourth-order valence-electron chi connectivity index (χ4n) is 3.70. The molecule has 6 nitrogen and oxygen atoms in total. The number of carbonyl (C=O) groups is 1. The molecule has 8 heteroatoms. The molecule has 1 aliphatic rings. The number of benzene rings is 1. The molecule has 30 heavy (non-hydrogen) atoms. The van der Waals surface area contributed by atoms with Gasteiger partial charge < -0.3 is 4.90 Å². The van der Waals surface area contributed by atoms with Crippen molar-refractivity contribution < 1.29 is 4.79 Å². The van der Waals surface area contributed by atoms with Gasteiger partial charge in [0.1, 0.15) is 10.8 Å². The highest BCUT2D eigenvalue weighted by atomic mass is 35.5. The smallest absolute Gasteiger partial charge is 0.197 e. The Balaban J connectivity index is 1.73. The minimum atomic E-state index is -0.0646. The topological polar surface area (TPSA) is 54.3 Å². The highest BCUT2D eigenvalue weighted by molar-refractivity contribution is 7.15. The molecule has 0 aliphatic carbocycles. The van der Waals surface area contributed by atoms with E-state index in [1.54, 1.807) is 23.5 Å². The number of aryl methyl sites for hydroxylation is 2. The van der Waals surface area contributed by atoms with Gasteiger partial charge >= 0.3 is 0 Å². The number of rotatable bonds is 6. The fraction of sp³-hybridized carbons (Fsp3) is 0.409. The molecule has 0 N–H and O–H groups in total. The quantitative estimate of drug-likeness (QED) is 0.542. The molecular weight excluding hydrogens is 418 g/mol. The van der Waals surface area contributed by atoms with Gasteiger partial charge in [-0.05, 0) is 38.6 Å². The Hall–Kier alpha value is -2.06. The monoisotopic (exact) mass is 443 g/mol. The van der Waals surface area contributed by atoms with E-state index in [1.807, 2.05) is 29.7 Å². The Morgan fingerprint density at radius 2 is 1.87 bits per heavy atom. The van der Waals surface area contributed by atoms with Crippen molar-refractivity contribution in [2.24, 2.45) is 0 Å². The first-order valence-corrected chi connectivity index (χ1v) is 11.4. The third kappa shape index (κ3) is 4.21. The predicted octanol–water partition coefficient (Wildman–Crippen LogP) is 3.83. The number of halogens is 1. The first kappa shape index (κ1) is 21.2. The lowest BCUT2D eigenvalue weighted by molar-refractivity contribution is 0.103. The van der Waals surface area contributed by atoms with E-state index in [-0.39, 0.29) is 5.78 Å². The first-order valence-electron chi connectivity index (χ1n) is 10.2. The predicted molar refractivity (Wildman–Crippen MR) is 121 cm³/mol. The first-order chi connectivity index (χ1) is 14.5. The van der Waals surface area contributed by atoms with Crippen LogP contribution in [0, 0.1) is 6.92 Å². The largest absolute Gasteiger partial charge is 0.304 e. The molecule has 3 aromatic rings. The number of ketones is 1. The molecule has 0 radical (unpaired) electrons. The summed E-state index contributed by atoms with van der Waals surface area (Å²) >= 11 is 7.96. The molecule has 0 saturated carbocycles. The van der Waals surface area contributed by atoms with Crippen molar-refractivity contribution in [1.82, 2.24) is 24.6 Å². The van der Waals surface area contributed by atoms with Gasteiger partial charge in [-0.3, -0.25) is 14.3 Å². The minimum Gasteiger partial charge on any atom is -0.304 e. The number of hydrogen-bond acceptors (Lipinski definition) is 6. The molecule has 0 bridgehead atoms. The van der Waals surface area contributed by atoms with Gasteiger partial charge in [0.2, 0.25) is 0 Å². The molecule has 0 atom stereocenters. The standard InChI is InChI=1S/C22H26ClN5OS/c1-4-16-13-18(21(29)17-7-5-6-8-19(17)23)22(30-16)28-15(2)24-25-20(28)14-27-11-9-26(3)10-12-27/h5-8,13H,4,9-12,14H2,1-3H3. The highest BCUT2D eigenvalue weighted by Crippen LogP contribution is 2.32. The molecule has 3 heterocycles. The van der Waals surface area contributed by atoms with Crippen molar-refractivity contribution in [1.29, 1.82) is 0 Å². The number of likely N-dealkylation sites (N-methyl/N-ethyl adjacent to an activating group) is 1. The van der Waals surface area contributed by atoms with Crippen molar-refractivity contribution in [2.45, 2.75) is 26.8 Å². The molecule has 1 aliphatic heterocycles. The Kier molecular flexibility index (Phi) is 6.34. The SMILES string of the molecule is CCc1cc(C(=O)c2ccccc2Cl)c(-n2c(C)nnc2CN2CCN(C)CC2)s1. The van der Waals surface area contributed by atoms with E-state index >= 15 is 0 Å². The van der Waals surface area contributed by atoms with Gasteiger partial charge in [-0.2, -0.15) is 0 Å². The van der Waals surface area contributed by atoms with Gasteiger partial charge in [-0.15, -0.1) is 21.5 Å². The van der Waals surface area contributed by atoms with Crippen LogP contribution in [0.4, 0.5) is 0 Å². The molecule has 1 fully saturated rings. The molecule has 158 valence electrons. The molecule has 2 aromatic heterocycles. The average molecular weight is 444 g/mol. The number of nitrogens with zero attached hydrogens (tertiary/aromatic N) is 5. The van der Waals surface area contributed by atoms with Gasteiger partial charge in [0, 0.05) is 36.6 Å². The van der Waals surface area contributed by atoms with Crippen LogP contribution in [-0.2, 0) is 13.0 Å². The van der Waals surface area contributed by atoms with E-state index in [4.69, 9.17) is 11.6 Å². The van der Waals surface area contributed by atoms with E-state index in [0.29, 0.717) is 22.7 Å². The second-order valence-electron chi connectivity index (χ2n) is 7.67. The van der Waals surface area contributed by atoms with E-state index in [1.165, 1.54) is 0 Å². The number of aromatic nitrogens is 3. The van der Waals surface area contributed by atoms with Crippen LogP contribution >= 0.6 is 22.9 Å². The number of carbonyl (C=O) groups excluding carboxylic acids is 1. The summed E-state index contributed by atoms with van der Waals surface area (Å²) in [4.78, 5) is 19.3. The normalized spacial score (nSPS) is 15.6. The lowest BCUT2D eigenvalue weighted by atomic mass is 10.0. The Bertz CT molecular complexity index is 1050. The Morgan fingerprint density at radius 3 is 2.57 bits per heavy atom. The van der Waals surface area contributed by atoms with Crippen molar-refractivity contribution in [3.05, 3.63) is 63.0 Å².